The van der Waals surface area contributed by atoms with E-state index in [-0.39, 0.29) is 0 Å². The lowest BCUT2D eigenvalue weighted by Crippen LogP contribution is -2.32. The van der Waals surface area contributed by atoms with Gasteiger partial charge < -0.3 is 10.2 Å². The molecule has 3 atom stereocenters. The van der Waals surface area contributed by atoms with E-state index < -0.39 is 46.9 Å². The van der Waals surface area contributed by atoms with Crippen LogP contribution in [0.3, 0.4) is 0 Å². The van der Waals surface area contributed by atoms with Crippen LogP contribution in [0.15, 0.2) is 12.1 Å². The highest BCUT2D eigenvalue weighted by molar-refractivity contribution is 5.70. The molecule has 3 nitrogen and oxygen atoms in total. The van der Waals surface area contributed by atoms with Crippen molar-refractivity contribution in [2.75, 3.05) is 0 Å². The number of benzene rings is 1. The zero-order valence-electron chi connectivity index (χ0n) is 10.7. The van der Waals surface area contributed by atoms with Gasteiger partial charge in [-0.2, -0.15) is 0 Å². The van der Waals surface area contributed by atoms with Gasteiger partial charge in [0.15, 0.2) is 0 Å². The van der Waals surface area contributed by atoms with Crippen LogP contribution in [0.25, 0.3) is 0 Å². The van der Waals surface area contributed by atoms with Gasteiger partial charge >= 0.3 is 5.97 Å². The van der Waals surface area contributed by atoms with E-state index in [1.807, 2.05) is 0 Å². The number of halogens is 3. The Morgan fingerprint density at radius 1 is 1.15 bits per heavy atom. The molecule has 1 aliphatic rings. The first kappa shape index (κ1) is 14.8. The van der Waals surface area contributed by atoms with E-state index in [1.165, 1.54) is 0 Å². The van der Waals surface area contributed by atoms with Crippen LogP contribution in [0.4, 0.5) is 13.2 Å². The smallest absolute Gasteiger partial charge is 0.306 e. The average molecular weight is 288 g/mol. The molecule has 0 heterocycles. The van der Waals surface area contributed by atoms with Gasteiger partial charge in [0.2, 0.25) is 0 Å². The predicted octanol–water partition coefficient (Wildman–Crippen LogP) is 3.03. The van der Waals surface area contributed by atoms with E-state index in [2.05, 4.69) is 0 Å². The van der Waals surface area contributed by atoms with E-state index >= 15 is 0 Å². The van der Waals surface area contributed by atoms with Gasteiger partial charge in [0.1, 0.15) is 17.5 Å². The van der Waals surface area contributed by atoms with Crippen LogP contribution in [0.2, 0.25) is 0 Å². The zero-order valence-corrected chi connectivity index (χ0v) is 10.7. The van der Waals surface area contributed by atoms with E-state index in [1.54, 1.807) is 0 Å². The Morgan fingerprint density at radius 2 is 1.70 bits per heavy atom. The SMILES string of the molecule is O=C(O)C1CCCCC1C(O)c1c(F)cc(F)cc1F. The van der Waals surface area contributed by atoms with Gasteiger partial charge in [0.05, 0.1) is 17.6 Å². The van der Waals surface area contributed by atoms with Crippen molar-refractivity contribution in [2.45, 2.75) is 31.8 Å². The first-order chi connectivity index (χ1) is 9.41. The first-order valence-electron chi connectivity index (χ1n) is 6.47. The summed E-state index contributed by atoms with van der Waals surface area (Å²) >= 11 is 0. The first-order valence-corrected chi connectivity index (χ1v) is 6.47. The van der Waals surface area contributed by atoms with Crippen molar-refractivity contribution in [3.8, 4) is 0 Å². The van der Waals surface area contributed by atoms with Crippen molar-refractivity contribution in [3.05, 3.63) is 35.1 Å². The number of hydrogen-bond donors (Lipinski definition) is 2. The van der Waals surface area contributed by atoms with Crippen molar-refractivity contribution in [2.24, 2.45) is 11.8 Å². The number of carbonyl (C=O) groups is 1. The Balaban J connectivity index is 2.34. The molecular formula is C14H15F3O3. The molecular weight excluding hydrogens is 273 g/mol. The van der Waals surface area contributed by atoms with Crippen LogP contribution in [-0.4, -0.2) is 16.2 Å². The summed E-state index contributed by atoms with van der Waals surface area (Å²) in [5, 5.41) is 19.3. The number of aliphatic carboxylic acids is 1. The molecule has 1 aliphatic carbocycles. The Kier molecular flexibility index (Phi) is 4.32. The minimum absolute atomic E-state index is 0.363. The summed E-state index contributed by atoms with van der Waals surface area (Å²) < 4.78 is 40.2. The molecule has 1 aromatic carbocycles. The quantitative estimate of drug-likeness (QED) is 0.899. The highest BCUT2D eigenvalue weighted by Crippen LogP contribution is 2.40. The van der Waals surface area contributed by atoms with Crippen LogP contribution < -0.4 is 0 Å². The maximum absolute atomic E-state index is 13.7. The minimum atomic E-state index is -1.59. The molecule has 1 aromatic rings. The molecule has 0 radical (unpaired) electrons. The third-order valence-corrected chi connectivity index (χ3v) is 3.88. The molecule has 0 spiro atoms. The second-order valence-electron chi connectivity index (χ2n) is 5.12. The van der Waals surface area contributed by atoms with E-state index in [0.29, 0.717) is 37.8 Å². The van der Waals surface area contributed by atoms with E-state index in [4.69, 9.17) is 5.11 Å². The van der Waals surface area contributed by atoms with Crippen LogP contribution in [-0.2, 0) is 4.79 Å². The minimum Gasteiger partial charge on any atom is -0.481 e. The largest absolute Gasteiger partial charge is 0.481 e. The van der Waals surface area contributed by atoms with Crippen molar-refractivity contribution in [1.82, 2.24) is 0 Å². The lowest BCUT2D eigenvalue weighted by atomic mass is 9.74. The van der Waals surface area contributed by atoms with Gasteiger partial charge in [0.25, 0.3) is 0 Å². The van der Waals surface area contributed by atoms with Gasteiger partial charge in [-0.25, -0.2) is 13.2 Å². The second kappa shape index (κ2) is 5.83. The molecule has 1 fully saturated rings. The summed E-state index contributed by atoms with van der Waals surface area (Å²) in [7, 11) is 0. The number of carboxylic acid groups (broad SMARTS) is 1. The van der Waals surface area contributed by atoms with Gasteiger partial charge in [-0.1, -0.05) is 12.8 Å². The summed E-state index contributed by atoms with van der Waals surface area (Å²) in [4.78, 5) is 11.2. The summed E-state index contributed by atoms with van der Waals surface area (Å²) in [6.07, 6.45) is 0.539. The Hall–Kier alpha value is -1.56. The molecule has 0 saturated heterocycles. The normalized spacial score (nSPS) is 24.4. The van der Waals surface area contributed by atoms with Crippen molar-refractivity contribution in [3.63, 3.8) is 0 Å². The Morgan fingerprint density at radius 3 is 2.25 bits per heavy atom. The van der Waals surface area contributed by atoms with Crippen molar-refractivity contribution >= 4 is 5.97 Å². The number of hydrogen-bond acceptors (Lipinski definition) is 2. The molecule has 1 saturated carbocycles. The fraction of sp³-hybridized carbons (Fsp3) is 0.500. The highest BCUT2D eigenvalue weighted by Gasteiger charge is 2.38. The van der Waals surface area contributed by atoms with Gasteiger partial charge in [-0.3, -0.25) is 4.79 Å². The second-order valence-corrected chi connectivity index (χ2v) is 5.12. The van der Waals surface area contributed by atoms with Crippen LogP contribution in [0, 0.1) is 29.3 Å². The molecule has 20 heavy (non-hydrogen) atoms. The third kappa shape index (κ3) is 2.80. The average Bonchev–Trinajstić information content (AvgIpc) is 2.37. The number of carboxylic acids is 1. The zero-order chi connectivity index (χ0) is 14.9. The summed E-state index contributed by atoms with van der Waals surface area (Å²) in [5.74, 6) is -6.15. The van der Waals surface area contributed by atoms with Crippen LogP contribution in [0.5, 0.6) is 0 Å². The number of rotatable bonds is 3. The van der Waals surface area contributed by atoms with E-state index in [9.17, 15) is 23.1 Å². The summed E-state index contributed by atoms with van der Waals surface area (Å²) in [6.45, 7) is 0. The Labute approximate surface area is 114 Å². The molecule has 0 aromatic heterocycles. The van der Waals surface area contributed by atoms with Crippen molar-refractivity contribution in [1.29, 1.82) is 0 Å². The van der Waals surface area contributed by atoms with Crippen LogP contribution in [0.1, 0.15) is 37.4 Å². The predicted molar refractivity (Wildman–Crippen MR) is 64.4 cm³/mol. The van der Waals surface area contributed by atoms with E-state index in [0.717, 1.165) is 0 Å². The summed E-state index contributed by atoms with van der Waals surface area (Å²) in [6, 6.07) is 0.973. The fourth-order valence-corrected chi connectivity index (χ4v) is 2.89. The maximum Gasteiger partial charge on any atom is 0.306 e. The summed E-state index contributed by atoms with van der Waals surface area (Å²) in [5.41, 5.74) is -0.649. The lowest BCUT2D eigenvalue weighted by Gasteiger charge is -2.32. The molecule has 0 bridgehead atoms. The molecule has 110 valence electrons. The standard InChI is InChI=1S/C14H15F3O3/c15-7-5-10(16)12(11(17)6-7)13(18)8-3-1-2-4-9(8)14(19)20/h5-6,8-9,13,18H,1-4H2,(H,19,20). The topological polar surface area (TPSA) is 57.5 Å². The molecule has 6 heteroatoms. The molecule has 0 amide bonds. The number of aliphatic hydroxyl groups excluding tert-OH is 1. The fourth-order valence-electron chi connectivity index (χ4n) is 2.89. The van der Waals surface area contributed by atoms with Gasteiger partial charge in [-0.15, -0.1) is 0 Å². The lowest BCUT2D eigenvalue weighted by molar-refractivity contribution is -0.147. The number of aliphatic hydroxyl groups is 1. The third-order valence-electron chi connectivity index (χ3n) is 3.88. The Bertz CT molecular complexity index is 495. The van der Waals surface area contributed by atoms with Crippen molar-refractivity contribution < 1.29 is 28.2 Å². The molecule has 0 aliphatic heterocycles. The molecule has 3 unspecified atom stereocenters. The molecule has 2 N–H and O–H groups in total. The van der Waals surface area contributed by atoms with Crippen LogP contribution >= 0.6 is 0 Å². The monoisotopic (exact) mass is 288 g/mol. The maximum atomic E-state index is 13.7. The molecule has 2 rings (SSSR count). The van der Waals surface area contributed by atoms with Gasteiger partial charge in [-0.05, 0) is 12.8 Å². The van der Waals surface area contributed by atoms with Gasteiger partial charge in [0, 0.05) is 18.1 Å². The highest BCUT2D eigenvalue weighted by atomic mass is 19.1.